The van der Waals surface area contributed by atoms with E-state index in [9.17, 15) is 29.6 Å². The number of benzene rings is 3. The van der Waals surface area contributed by atoms with Gasteiger partial charge in [0.2, 0.25) is 11.8 Å². The van der Waals surface area contributed by atoms with Crippen molar-refractivity contribution >= 4 is 29.5 Å². The Bertz CT molecular complexity index is 1410. The molecule has 3 aromatic rings. The molecule has 2 aliphatic heterocycles. The van der Waals surface area contributed by atoms with Crippen LogP contribution in [0, 0.1) is 22.0 Å². The van der Waals surface area contributed by atoms with E-state index in [0.717, 1.165) is 16.0 Å². The van der Waals surface area contributed by atoms with Crippen LogP contribution in [0.4, 0.5) is 5.69 Å². The third-order valence-electron chi connectivity index (χ3n) is 7.28. The number of nitro benzene ring substituents is 1. The topological polar surface area (TPSA) is 130 Å². The largest absolute Gasteiger partial charge is 0.480 e. The standard InChI is InChI=1S/C29H25N3O6/c33-26-24-23(16-13-19-7-3-1-4-8-19)30-29(28(35)36,17-20-11-14-22(15-12-20)32(37)38)25(24)27(34)31(26)18-21-9-5-2-6-10-21/h1-16,23-25,30H,17-18H2,(H,35,36)/b16-13+. The molecule has 0 bridgehead atoms. The van der Waals surface area contributed by atoms with Crippen molar-refractivity contribution in [2.24, 2.45) is 11.8 Å². The lowest BCUT2D eigenvalue weighted by Gasteiger charge is -2.31. The predicted molar refractivity (Wildman–Crippen MR) is 139 cm³/mol. The molecule has 0 spiro atoms. The van der Waals surface area contributed by atoms with Crippen molar-refractivity contribution < 1.29 is 24.4 Å². The number of carboxylic acid groups (broad SMARTS) is 1. The molecule has 9 nitrogen and oxygen atoms in total. The second kappa shape index (κ2) is 10.0. The number of imide groups is 1. The highest BCUT2D eigenvalue weighted by atomic mass is 16.6. The van der Waals surface area contributed by atoms with Crippen LogP contribution in [0.15, 0.2) is 91.0 Å². The highest BCUT2D eigenvalue weighted by Gasteiger charge is 2.67. The molecule has 192 valence electrons. The number of hydrogen-bond acceptors (Lipinski definition) is 6. The van der Waals surface area contributed by atoms with Crippen LogP contribution in [0.25, 0.3) is 6.08 Å². The van der Waals surface area contributed by atoms with Gasteiger partial charge >= 0.3 is 5.97 Å². The average molecular weight is 512 g/mol. The molecular formula is C29H25N3O6. The number of nitro groups is 1. The van der Waals surface area contributed by atoms with E-state index < -0.39 is 46.1 Å². The Morgan fingerprint density at radius 3 is 2.18 bits per heavy atom. The Kier molecular flexibility index (Phi) is 6.61. The summed E-state index contributed by atoms with van der Waals surface area (Å²) >= 11 is 0. The number of nitrogens with one attached hydrogen (secondary N) is 1. The Hall–Kier alpha value is -4.63. The Balaban J connectivity index is 1.54. The normalized spacial score (nSPS) is 24.6. The Morgan fingerprint density at radius 1 is 0.947 bits per heavy atom. The number of carbonyl (C=O) groups is 3. The van der Waals surface area contributed by atoms with Crippen LogP contribution in [0.2, 0.25) is 0 Å². The quantitative estimate of drug-likeness (QED) is 0.269. The molecule has 2 saturated heterocycles. The van der Waals surface area contributed by atoms with Gasteiger partial charge in [-0.05, 0) is 16.7 Å². The lowest BCUT2D eigenvalue weighted by Crippen LogP contribution is -2.58. The molecule has 0 aromatic heterocycles. The first kappa shape index (κ1) is 25.0. The van der Waals surface area contributed by atoms with Gasteiger partial charge in [0, 0.05) is 24.6 Å². The first-order valence-electron chi connectivity index (χ1n) is 12.2. The molecule has 2 fully saturated rings. The molecule has 0 saturated carbocycles. The van der Waals surface area contributed by atoms with Crippen molar-refractivity contribution in [3.8, 4) is 0 Å². The number of rotatable bonds is 8. The number of carboxylic acids is 1. The molecule has 2 heterocycles. The fraction of sp³-hybridized carbons (Fsp3) is 0.207. The van der Waals surface area contributed by atoms with Crippen LogP contribution < -0.4 is 5.32 Å². The third-order valence-corrected chi connectivity index (χ3v) is 7.28. The number of likely N-dealkylation sites (tertiary alicyclic amines) is 1. The Labute approximate surface area is 218 Å². The maximum atomic E-state index is 13.8. The molecule has 9 heteroatoms. The van der Waals surface area contributed by atoms with Gasteiger partial charge in [-0.2, -0.15) is 0 Å². The second-order valence-electron chi connectivity index (χ2n) is 9.57. The molecule has 4 atom stereocenters. The van der Waals surface area contributed by atoms with Crippen LogP contribution in [-0.2, 0) is 27.3 Å². The number of aliphatic carboxylic acids is 1. The summed E-state index contributed by atoms with van der Waals surface area (Å²) in [6.07, 6.45) is 3.41. The van der Waals surface area contributed by atoms with E-state index in [2.05, 4.69) is 5.32 Å². The molecule has 5 rings (SSSR count). The maximum absolute atomic E-state index is 13.8. The first-order chi connectivity index (χ1) is 18.3. The summed E-state index contributed by atoms with van der Waals surface area (Å²) in [6, 6.07) is 23.3. The van der Waals surface area contributed by atoms with Crippen molar-refractivity contribution in [3.05, 3.63) is 118 Å². The maximum Gasteiger partial charge on any atom is 0.325 e. The van der Waals surface area contributed by atoms with Gasteiger partial charge in [0.25, 0.3) is 5.69 Å². The number of non-ortho nitro benzene ring substituents is 1. The van der Waals surface area contributed by atoms with Crippen LogP contribution in [0.1, 0.15) is 16.7 Å². The van der Waals surface area contributed by atoms with Gasteiger partial charge in [-0.3, -0.25) is 34.7 Å². The van der Waals surface area contributed by atoms with E-state index in [4.69, 9.17) is 0 Å². The smallest absolute Gasteiger partial charge is 0.325 e. The molecule has 4 unspecified atom stereocenters. The van der Waals surface area contributed by atoms with E-state index in [1.807, 2.05) is 48.5 Å². The molecule has 0 aliphatic carbocycles. The molecule has 2 amide bonds. The van der Waals surface area contributed by atoms with E-state index in [1.54, 1.807) is 24.3 Å². The van der Waals surface area contributed by atoms with Gasteiger partial charge in [0.15, 0.2) is 0 Å². The minimum Gasteiger partial charge on any atom is -0.480 e. The summed E-state index contributed by atoms with van der Waals surface area (Å²) in [5, 5.41) is 24.7. The second-order valence-corrected chi connectivity index (χ2v) is 9.57. The fourth-order valence-corrected chi connectivity index (χ4v) is 5.47. The highest BCUT2D eigenvalue weighted by Crippen LogP contribution is 2.45. The first-order valence-corrected chi connectivity index (χ1v) is 12.2. The summed E-state index contributed by atoms with van der Waals surface area (Å²) in [6.45, 7) is 0.0495. The molecular weight excluding hydrogens is 486 g/mol. The van der Waals surface area contributed by atoms with Crippen molar-refractivity contribution in [3.63, 3.8) is 0 Å². The minimum atomic E-state index is -1.79. The molecule has 2 aliphatic rings. The zero-order chi connectivity index (χ0) is 26.9. The van der Waals surface area contributed by atoms with Crippen molar-refractivity contribution in [2.75, 3.05) is 0 Å². The molecule has 3 aromatic carbocycles. The minimum absolute atomic E-state index is 0.0495. The highest BCUT2D eigenvalue weighted by molar-refractivity contribution is 6.09. The third kappa shape index (κ3) is 4.48. The van der Waals surface area contributed by atoms with Gasteiger partial charge in [0.1, 0.15) is 5.54 Å². The van der Waals surface area contributed by atoms with Crippen molar-refractivity contribution in [1.29, 1.82) is 0 Å². The predicted octanol–water partition coefficient (Wildman–Crippen LogP) is 3.45. The lowest BCUT2D eigenvalue weighted by atomic mass is 9.76. The van der Waals surface area contributed by atoms with E-state index in [1.165, 1.54) is 24.3 Å². The summed E-state index contributed by atoms with van der Waals surface area (Å²) in [4.78, 5) is 52.0. The van der Waals surface area contributed by atoms with Gasteiger partial charge in [-0.25, -0.2) is 0 Å². The zero-order valence-corrected chi connectivity index (χ0v) is 20.3. The zero-order valence-electron chi connectivity index (χ0n) is 20.3. The van der Waals surface area contributed by atoms with Crippen LogP contribution in [0.5, 0.6) is 0 Å². The lowest BCUT2D eigenvalue weighted by molar-refractivity contribution is -0.384. The summed E-state index contributed by atoms with van der Waals surface area (Å²) in [5.74, 6) is -4.30. The molecule has 0 radical (unpaired) electrons. The van der Waals surface area contributed by atoms with E-state index >= 15 is 0 Å². The SMILES string of the molecule is O=C1C2C(/C=C/c3ccccc3)NC(Cc3ccc([N+](=O)[O-])cc3)(C(=O)O)C2C(=O)N1Cc1ccccc1. The van der Waals surface area contributed by atoms with Crippen LogP contribution in [0.3, 0.4) is 0 Å². The van der Waals surface area contributed by atoms with E-state index in [0.29, 0.717) is 5.56 Å². The monoisotopic (exact) mass is 511 g/mol. The summed E-state index contributed by atoms with van der Waals surface area (Å²) < 4.78 is 0. The van der Waals surface area contributed by atoms with Gasteiger partial charge in [-0.15, -0.1) is 0 Å². The van der Waals surface area contributed by atoms with Crippen molar-refractivity contribution in [2.45, 2.75) is 24.5 Å². The summed E-state index contributed by atoms with van der Waals surface area (Å²) in [7, 11) is 0. The van der Waals surface area contributed by atoms with Gasteiger partial charge < -0.3 is 5.11 Å². The fourth-order valence-electron chi connectivity index (χ4n) is 5.47. The Morgan fingerprint density at radius 2 is 1.58 bits per heavy atom. The number of carbonyl (C=O) groups excluding carboxylic acids is 2. The number of fused-ring (bicyclic) bond motifs is 1. The van der Waals surface area contributed by atoms with Gasteiger partial charge in [-0.1, -0.05) is 84.9 Å². The number of hydrogen-bond donors (Lipinski definition) is 2. The number of amides is 2. The molecule has 38 heavy (non-hydrogen) atoms. The van der Waals surface area contributed by atoms with Crippen molar-refractivity contribution in [1.82, 2.24) is 10.2 Å². The molecule has 2 N–H and O–H groups in total. The summed E-state index contributed by atoms with van der Waals surface area (Å²) in [5.41, 5.74) is 0.214. The average Bonchev–Trinajstić information content (AvgIpc) is 3.38. The van der Waals surface area contributed by atoms with Gasteiger partial charge in [0.05, 0.1) is 23.3 Å². The van der Waals surface area contributed by atoms with Crippen LogP contribution >= 0.6 is 0 Å². The van der Waals surface area contributed by atoms with Crippen LogP contribution in [-0.4, -0.2) is 44.3 Å². The van der Waals surface area contributed by atoms with E-state index in [-0.39, 0.29) is 18.7 Å². The number of nitrogens with zero attached hydrogens (tertiary/aromatic N) is 2.